The maximum absolute atomic E-state index is 12.8. The smallest absolute Gasteiger partial charge is 0.433 e. The van der Waals surface area contributed by atoms with Crippen molar-refractivity contribution in [3.63, 3.8) is 0 Å². The molecule has 3 rings (SSSR count). The minimum Gasteiger partial charge on any atom is -0.494 e. The third-order valence-electron chi connectivity index (χ3n) is 3.89. The molecule has 2 aromatic rings. The van der Waals surface area contributed by atoms with Gasteiger partial charge in [-0.3, -0.25) is 4.98 Å². The number of hydrogen-bond donors (Lipinski definition) is 0. The Labute approximate surface area is 142 Å². The molecule has 0 aromatic carbocycles. The van der Waals surface area contributed by atoms with E-state index in [1.807, 2.05) is 4.90 Å². The van der Waals surface area contributed by atoms with Crippen LogP contribution in [-0.2, 0) is 6.18 Å². The molecule has 1 saturated heterocycles. The number of anilines is 1. The van der Waals surface area contributed by atoms with Crippen LogP contribution in [0.1, 0.15) is 18.5 Å². The van der Waals surface area contributed by atoms with Crippen LogP contribution in [0.15, 0.2) is 30.7 Å². The predicted octanol–water partition coefficient (Wildman–Crippen LogP) is 2.95. The lowest BCUT2D eigenvalue weighted by atomic mass is 10.1. The fourth-order valence-electron chi connectivity index (χ4n) is 2.66. The molecule has 0 aliphatic carbocycles. The van der Waals surface area contributed by atoms with Crippen LogP contribution in [0.5, 0.6) is 11.8 Å². The van der Waals surface area contributed by atoms with Gasteiger partial charge >= 0.3 is 12.2 Å². The summed E-state index contributed by atoms with van der Waals surface area (Å²) in [5.74, 6) is 0.522. The van der Waals surface area contributed by atoms with Gasteiger partial charge < -0.3 is 14.4 Å². The van der Waals surface area contributed by atoms with Gasteiger partial charge in [-0.15, -0.1) is 0 Å². The summed E-state index contributed by atoms with van der Waals surface area (Å²) in [6.07, 6.45) is 1.09. The van der Waals surface area contributed by atoms with E-state index >= 15 is 0 Å². The van der Waals surface area contributed by atoms with Gasteiger partial charge in [0.15, 0.2) is 5.75 Å². The van der Waals surface area contributed by atoms with Crippen LogP contribution in [0.3, 0.4) is 0 Å². The molecule has 0 radical (unpaired) electrons. The van der Waals surface area contributed by atoms with Crippen LogP contribution in [0.4, 0.5) is 18.9 Å². The zero-order valence-corrected chi connectivity index (χ0v) is 13.5. The Morgan fingerprint density at radius 2 is 1.96 bits per heavy atom. The fourth-order valence-corrected chi connectivity index (χ4v) is 2.66. The molecular weight excluding hydrogens is 337 g/mol. The minimum atomic E-state index is -4.46. The molecule has 1 aliphatic heterocycles. The number of piperidine rings is 1. The summed E-state index contributed by atoms with van der Waals surface area (Å²) in [6.45, 7) is 1.11. The topological polar surface area (TPSA) is 60.4 Å². The van der Waals surface area contributed by atoms with E-state index in [9.17, 15) is 13.2 Å². The maximum atomic E-state index is 12.8. The van der Waals surface area contributed by atoms with Crippen molar-refractivity contribution in [3.05, 3.63) is 36.4 Å². The first kappa shape index (κ1) is 17.2. The highest BCUT2D eigenvalue weighted by atomic mass is 19.4. The molecule has 1 fully saturated rings. The quantitative estimate of drug-likeness (QED) is 0.841. The van der Waals surface area contributed by atoms with Gasteiger partial charge in [-0.05, 0) is 25.0 Å². The zero-order valence-electron chi connectivity index (χ0n) is 13.5. The lowest BCUT2D eigenvalue weighted by Crippen LogP contribution is -2.41. The van der Waals surface area contributed by atoms with E-state index in [1.165, 1.54) is 25.7 Å². The van der Waals surface area contributed by atoms with E-state index < -0.39 is 11.9 Å². The standard InChI is InChI=1S/C16H17F3N4O2/c1-24-13-8-21-15(22-9-13)25-12-3-2-6-23(10-12)11-4-5-20-14(7-11)16(17,18)19/h4-5,7-9,12H,2-3,6,10H2,1H3. The largest absolute Gasteiger partial charge is 0.494 e. The molecule has 0 amide bonds. The minimum absolute atomic E-state index is 0.204. The summed E-state index contributed by atoms with van der Waals surface area (Å²) in [6, 6.07) is 2.85. The van der Waals surface area contributed by atoms with Gasteiger partial charge in [-0.2, -0.15) is 23.1 Å². The molecule has 9 heteroatoms. The monoisotopic (exact) mass is 354 g/mol. The van der Waals surface area contributed by atoms with Crippen molar-refractivity contribution >= 4 is 5.69 Å². The molecular formula is C16H17F3N4O2. The molecule has 6 nitrogen and oxygen atoms in total. The van der Waals surface area contributed by atoms with Gasteiger partial charge in [0, 0.05) is 18.4 Å². The molecule has 2 aromatic heterocycles. The average molecular weight is 354 g/mol. The van der Waals surface area contributed by atoms with Crippen molar-refractivity contribution in [3.8, 4) is 11.8 Å². The summed E-state index contributed by atoms with van der Waals surface area (Å²) in [5.41, 5.74) is -0.419. The average Bonchev–Trinajstić information content (AvgIpc) is 2.62. The van der Waals surface area contributed by atoms with Crippen molar-refractivity contribution in [2.24, 2.45) is 0 Å². The molecule has 0 saturated carbocycles. The number of methoxy groups -OCH3 is 1. The molecule has 0 bridgehead atoms. The van der Waals surface area contributed by atoms with E-state index in [2.05, 4.69) is 15.0 Å². The summed E-state index contributed by atoms with van der Waals surface area (Å²) in [7, 11) is 1.52. The highest BCUT2D eigenvalue weighted by Crippen LogP contribution is 2.31. The number of halogens is 3. The summed E-state index contributed by atoms with van der Waals surface area (Å²) in [4.78, 5) is 13.4. The van der Waals surface area contributed by atoms with Gasteiger partial charge in [0.25, 0.3) is 0 Å². The lowest BCUT2D eigenvalue weighted by molar-refractivity contribution is -0.141. The highest BCUT2D eigenvalue weighted by molar-refractivity contribution is 5.47. The summed E-state index contributed by atoms with van der Waals surface area (Å²) < 4.78 is 49.2. The van der Waals surface area contributed by atoms with Crippen molar-refractivity contribution in [1.29, 1.82) is 0 Å². The van der Waals surface area contributed by atoms with Gasteiger partial charge in [-0.1, -0.05) is 0 Å². The Bertz CT molecular complexity index is 709. The first-order chi connectivity index (χ1) is 12.0. The third-order valence-corrected chi connectivity index (χ3v) is 3.89. The van der Waals surface area contributed by atoms with Crippen LogP contribution < -0.4 is 14.4 Å². The van der Waals surface area contributed by atoms with Crippen molar-refractivity contribution in [2.75, 3.05) is 25.1 Å². The summed E-state index contributed by atoms with van der Waals surface area (Å²) >= 11 is 0. The predicted molar refractivity (Wildman–Crippen MR) is 83.7 cm³/mol. The first-order valence-electron chi connectivity index (χ1n) is 7.76. The van der Waals surface area contributed by atoms with E-state index in [0.717, 1.165) is 18.9 Å². The van der Waals surface area contributed by atoms with Gasteiger partial charge in [-0.25, -0.2) is 0 Å². The number of rotatable bonds is 4. The van der Waals surface area contributed by atoms with Gasteiger partial charge in [0.05, 0.1) is 26.0 Å². The van der Waals surface area contributed by atoms with Crippen LogP contribution in [0.2, 0.25) is 0 Å². The Kier molecular flexibility index (Phi) is 4.91. The lowest BCUT2D eigenvalue weighted by Gasteiger charge is -2.34. The zero-order chi connectivity index (χ0) is 17.9. The second kappa shape index (κ2) is 7.12. The molecule has 0 spiro atoms. The Morgan fingerprint density at radius 3 is 2.64 bits per heavy atom. The van der Waals surface area contributed by atoms with E-state index in [1.54, 1.807) is 6.07 Å². The van der Waals surface area contributed by atoms with Crippen LogP contribution in [-0.4, -0.2) is 41.3 Å². The second-order valence-electron chi connectivity index (χ2n) is 5.63. The molecule has 134 valence electrons. The normalized spacial score (nSPS) is 18.1. The van der Waals surface area contributed by atoms with Crippen molar-refractivity contribution < 1.29 is 22.6 Å². The van der Waals surface area contributed by atoms with E-state index in [-0.39, 0.29) is 12.1 Å². The summed E-state index contributed by atoms with van der Waals surface area (Å²) in [5, 5.41) is 0. The Morgan fingerprint density at radius 1 is 1.20 bits per heavy atom. The Hall–Kier alpha value is -2.58. The first-order valence-corrected chi connectivity index (χ1v) is 7.76. The van der Waals surface area contributed by atoms with Gasteiger partial charge in [0.2, 0.25) is 0 Å². The van der Waals surface area contributed by atoms with E-state index in [0.29, 0.717) is 24.5 Å². The molecule has 25 heavy (non-hydrogen) atoms. The third kappa shape index (κ3) is 4.28. The molecule has 0 N–H and O–H groups in total. The molecule has 3 heterocycles. The van der Waals surface area contributed by atoms with E-state index in [4.69, 9.17) is 9.47 Å². The van der Waals surface area contributed by atoms with Crippen molar-refractivity contribution in [1.82, 2.24) is 15.0 Å². The fraction of sp³-hybridized carbons (Fsp3) is 0.438. The number of nitrogens with zero attached hydrogens (tertiary/aromatic N) is 4. The number of hydrogen-bond acceptors (Lipinski definition) is 6. The van der Waals surface area contributed by atoms with Gasteiger partial charge in [0.1, 0.15) is 11.8 Å². The number of ether oxygens (including phenoxy) is 2. The van der Waals surface area contributed by atoms with Crippen LogP contribution >= 0.6 is 0 Å². The number of pyridine rings is 1. The van der Waals surface area contributed by atoms with Crippen molar-refractivity contribution in [2.45, 2.75) is 25.1 Å². The number of alkyl halides is 3. The maximum Gasteiger partial charge on any atom is 0.433 e. The molecule has 1 atom stereocenters. The SMILES string of the molecule is COc1cnc(OC2CCCN(c3ccnc(C(F)(F)F)c3)C2)nc1. The molecule has 1 aliphatic rings. The second-order valence-corrected chi connectivity index (χ2v) is 5.63. The van der Waals surface area contributed by atoms with Crippen LogP contribution in [0, 0.1) is 0 Å². The molecule has 1 unspecified atom stereocenters. The number of aromatic nitrogens is 3. The Balaban J connectivity index is 1.68. The van der Waals surface area contributed by atoms with Crippen LogP contribution in [0.25, 0.3) is 0 Å². The highest BCUT2D eigenvalue weighted by Gasteiger charge is 2.33.